The van der Waals surface area contributed by atoms with Crippen LogP contribution in [0.25, 0.3) is 10.9 Å². The highest BCUT2D eigenvalue weighted by molar-refractivity contribution is 6.38. The summed E-state index contributed by atoms with van der Waals surface area (Å²) in [6, 6.07) is 11.5. The lowest BCUT2D eigenvalue weighted by Crippen LogP contribution is -1.91. The number of aliphatic imine (C=N–C) groups is 1. The van der Waals surface area contributed by atoms with Gasteiger partial charge in [-0.1, -0.05) is 17.7 Å². The normalized spacial score (nSPS) is 11.2. The smallest absolute Gasteiger partial charge is 0.269 e. The Labute approximate surface area is 136 Å². The Morgan fingerprint density at radius 2 is 2.00 bits per heavy atom. The number of nitro groups is 1. The van der Waals surface area contributed by atoms with Crippen LogP contribution in [0.15, 0.2) is 53.7 Å². The Bertz CT molecular complexity index is 923. The van der Waals surface area contributed by atoms with Crippen LogP contribution in [-0.2, 0) is 0 Å². The van der Waals surface area contributed by atoms with Gasteiger partial charge in [-0.3, -0.25) is 20.1 Å². The molecule has 1 aromatic heterocycles. The number of non-ortho nitro benzene ring substituents is 1. The molecule has 1 heterocycles. The molecule has 7 heteroatoms. The molecule has 0 unspecified atom stereocenters. The third-order valence-electron chi connectivity index (χ3n) is 3.31. The minimum atomic E-state index is -0.449. The van der Waals surface area contributed by atoms with E-state index in [0.29, 0.717) is 21.9 Å². The van der Waals surface area contributed by atoms with Crippen molar-refractivity contribution in [1.29, 1.82) is 0 Å². The number of pyridine rings is 1. The van der Waals surface area contributed by atoms with E-state index in [1.807, 2.05) is 6.07 Å². The molecule has 0 saturated carbocycles. The molecule has 0 atom stereocenters. The number of fused-ring (bicyclic) bond motifs is 1. The molecule has 2 aromatic carbocycles. The predicted molar refractivity (Wildman–Crippen MR) is 91.5 cm³/mol. The Morgan fingerprint density at radius 3 is 2.70 bits per heavy atom. The lowest BCUT2D eigenvalue weighted by Gasteiger charge is -2.06. The van der Waals surface area contributed by atoms with Gasteiger partial charge in [-0.15, -0.1) is 0 Å². The van der Waals surface area contributed by atoms with Gasteiger partial charge in [0.25, 0.3) is 5.69 Å². The Morgan fingerprint density at radius 1 is 1.26 bits per heavy atom. The van der Waals surface area contributed by atoms with Gasteiger partial charge in [-0.05, 0) is 29.8 Å². The molecule has 23 heavy (non-hydrogen) atoms. The number of benzene rings is 2. The number of nitrogens with two attached hydrogens (primary N) is 1. The van der Waals surface area contributed by atoms with E-state index < -0.39 is 4.92 Å². The van der Waals surface area contributed by atoms with E-state index in [9.17, 15) is 10.1 Å². The van der Waals surface area contributed by atoms with E-state index in [0.717, 1.165) is 10.9 Å². The van der Waals surface area contributed by atoms with Gasteiger partial charge in [-0.25, -0.2) is 0 Å². The zero-order valence-corrected chi connectivity index (χ0v) is 12.6. The van der Waals surface area contributed by atoms with Gasteiger partial charge in [0.05, 0.1) is 26.8 Å². The van der Waals surface area contributed by atoms with Gasteiger partial charge in [-0.2, -0.15) is 0 Å². The average Bonchev–Trinajstić information content (AvgIpc) is 2.57. The number of nitro benzene ring substituents is 1. The van der Waals surface area contributed by atoms with Crippen molar-refractivity contribution in [2.75, 3.05) is 5.73 Å². The first-order chi connectivity index (χ1) is 11.1. The topological polar surface area (TPSA) is 94.4 Å². The van der Waals surface area contributed by atoms with Crippen molar-refractivity contribution in [1.82, 2.24) is 4.98 Å². The van der Waals surface area contributed by atoms with Crippen molar-refractivity contribution >= 4 is 45.8 Å². The summed E-state index contributed by atoms with van der Waals surface area (Å²) in [4.78, 5) is 18.7. The fourth-order valence-corrected chi connectivity index (χ4v) is 2.37. The summed E-state index contributed by atoms with van der Waals surface area (Å²) in [6.45, 7) is 0. The van der Waals surface area contributed by atoms with Crippen molar-refractivity contribution in [2.24, 2.45) is 4.99 Å². The molecular weight excluding hydrogens is 316 g/mol. The maximum Gasteiger partial charge on any atom is 0.269 e. The first kappa shape index (κ1) is 14.9. The maximum absolute atomic E-state index is 10.6. The molecule has 114 valence electrons. The standard InChI is InChI=1S/C16H11ClN4O2/c17-14-15(18)13(8-11-2-1-7-19-16(11)14)20-9-10-3-5-12(6-4-10)21(22)23/h1-9H,18H2. The first-order valence-corrected chi connectivity index (χ1v) is 7.05. The summed E-state index contributed by atoms with van der Waals surface area (Å²) in [5.41, 5.74) is 8.24. The van der Waals surface area contributed by atoms with Gasteiger partial charge < -0.3 is 5.73 Å². The number of anilines is 1. The second-order valence-electron chi connectivity index (χ2n) is 4.81. The number of halogens is 1. The van der Waals surface area contributed by atoms with Gasteiger partial charge >= 0.3 is 0 Å². The van der Waals surface area contributed by atoms with Crippen molar-refractivity contribution in [3.8, 4) is 0 Å². The highest BCUT2D eigenvalue weighted by Crippen LogP contribution is 2.35. The Balaban J connectivity index is 1.97. The molecule has 0 aliphatic carbocycles. The first-order valence-electron chi connectivity index (χ1n) is 6.67. The molecule has 6 nitrogen and oxygen atoms in total. The summed E-state index contributed by atoms with van der Waals surface area (Å²) in [7, 11) is 0. The van der Waals surface area contributed by atoms with Gasteiger partial charge in [0.1, 0.15) is 0 Å². The Kier molecular flexibility index (Phi) is 3.91. The largest absolute Gasteiger partial charge is 0.396 e. The average molecular weight is 327 g/mol. The van der Waals surface area contributed by atoms with Crippen LogP contribution in [-0.4, -0.2) is 16.1 Å². The fourth-order valence-electron chi connectivity index (χ4n) is 2.12. The number of hydrogen-bond acceptors (Lipinski definition) is 5. The summed E-state index contributed by atoms with van der Waals surface area (Å²) in [6.07, 6.45) is 3.22. The molecule has 0 bridgehead atoms. The van der Waals surface area contributed by atoms with E-state index >= 15 is 0 Å². The lowest BCUT2D eigenvalue weighted by molar-refractivity contribution is -0.384. The summed E-state index contributed by atoms with van der Waals surface area (Å²) in [5, 5.41) is 11.8. The lowest BCUT2D eigenvalue weighted by atomic mass is 10.1. The minimum absolute atomic E-state index is 0.0292. The number of rotatable bonds is 3. The van der Waals surface area contributed by atoms with E-state index in [-0.39, 0.29) is 5.69 Å². The zero-order chi connectivity index (χ0) is 16.4. The predicted octanol–water partition coefficient (Wildman–Crippen LogP) is 4.13. The van der Waals surface area contributed by atoms with Crippen LogP contribution in [0, 0.1) is 10.1 Å². The molecule has 0 saturated heterocycles. The number of aromatic nitrogens is 1. The molecule has 0 aliphatic rings. The molecule has 3 rings (SSSR count). The Hall–Kier alpha value is -2.99. The summed E-state index contributed by atoms with van der Waals surface area (Å²) >= 11 is 6.23. The van der Waals surface area contributed by atoms with E-state index in [2.05, 4.69) is 9.98 Å². The molecule has 0 radical (unpaired) electrons. The van der Waals surface area contributed by atoms with Crippen LogP contribution in [0.2, 0.25) is 5.02 Å². The molecule has 0 amide bonds. The van der Waals surface area contributed by atoms with Crippen LogP contribution < -0.4 is 5.73 Å². The van der Waals surface area contributed by atoms with Crippen LogP contribution in [0.5, 0.6) is 0 Å². The summed E-state index contributed by atoms with van der Waals surface area (Å²) in [5.74, 6) is 0. The monoisotopic (exact) mass is 326 g/mol. The highest BCUT2D eigenvalue weighted by Gasteiger charge is 2.09. The molecule has 2 N–H and O–H groups in total. The zero-order valence-electron chi connectivity index (χ0n) is 11.8. The molecule has 0 aliphatic heterocycles. The molecule has 3 aromatic rings. The molecule has 0 fully saturated rings. The second-order valence-corrected chi connectivity index (χ2v) is 5.18. The highest BCUT2D eigenvalue weighted by atomic mass is 35.5. The molecule has 0 spiro atoms. The van der Waals surface area contributed by atoms with E-state index in [1.165, 1.54) is 12.1 Å². The van der Waals surface area contributed by atoms with Crippen molar-refractivity contribution in [3.63, 3.8) is 0 Å². The summed E-state index contributed by atoms with van der Waals surface area (Å²) < 4.78 is 0. The van der Waals surface area contributed by atoms with Crippen LogP contribution in [0.4, 0.5) is 17.1 Å². The third-order valence-corrected chi connectivity index (χ3v) is 3.69. The van der Waals surface area contributed by atoms with Crippen molar-refractivity contribution in [2.45, 2.75) is 0 Å². The molecular formula is C16H11ClN4O2. The van der Waals surface area contributed by atoms with E-state index in [4.69, 9.17) is 17.3 Å². The van der Waals surface area contributed by atoms with Gasteiger partial charge in [0, 0.05) is 29.9 Å². The number of hydrogen-bond donors (Lipinski definition) is 1. The maximum atomic E-state index is 10.6. The third kappa shape index (κ3) is 2.97. The number of nitrogen functional groups attached to an aromatic ring is 1. The van der Waals surface area contributed by atoms with Gasteiger partial charge in [0.15, 0.2) is 0 Å². The van der Waals surface area contributed by atoms with Crippen molar-refractivity contribution in [3.05, 3.63) is 69.4 Å². The van der Waals surface area contributed by atoms with Crippen molar-refractivity contribution < 1.29 is 4.92 Å². The minimum Gasteiger partial charge on any atom is -0.396 e. The van der Waals surface area contributed by atoms with Crippen LogP contribution >= 0.6 is 11.6 Å². The van der Waals surface area contributed by atoms with Crippen LogP contribution in [0.1, 0.15) is 5.56 Å². The van der Waals surface area contributed by atoms with Crippen LogP contribution in [0.3, 0.4) is 0 Å². The second kappa shape index (κ2) is 6.02. The quantitative estimate of drug-likeness (QED) is 0.339. The number of nitrogens with zero attached hydrogens (tertiary/aromatic N) is 3. The fraction of sp³-hybridized carbons (Fsp3) is 0. The van der Waals surface area contributed by atoms with E-state index in [1.54, 1.807) is 36.7 Å². The van der Waals surface area contributed by atoms with Gasteiger partial charge in [0.2, 0.25) is 0 Å². The SMILES string of the molecule is Nc1c(N=Cc2ccc([N+](=O)[O-])cc2)cc2cccnc2c1Cl.